The van der Waals surface area contributed by atoms with Crippen LogP contribution in [0.5, 0.6) is 0 Å². The van der Waals surface area contributed by atoms with Crippen LogP contribution in [-0.2, 0) is 17.6 Å². The molecule has 0 aliphatic carbocycles. The number of nitrogens with one attached hydrogen (secondary N) is 1. The summed E-state index contributed by atoms with van der Waals surface area (Å²) in [5.74, 6) is -0.0967. The zero-order valence-corrected chi connectivity index (χ0v) is 16.5. The number of rotatable bonds is 6. The lowest BCUT2D eigenvalue weighted by atomic mass is 10.1. The molecule has 1 fully saturated rings. The van der Waals surface area contributed by atoms with Crippen molar-refractivity contribution in [3.8, 4) is 5.69 Å². The molecule has 5 nitrogen and oxygen atoms in total. The molecule has 0 saturated carbocycles. The Labute approximate surface area is 163 Å². The van der Waals surface area contributed by atoms with Gasteiger partial charge in [0, 0.05) is 13.2 Å². The quantitative estimate of drug-likeness (QED) is 0.796. The van der Waals surface area contributed by atoms with Crippen LogP contribution in [0.25, 0.3) is 5.69 Å². The van der Waals surface area contributed by atoms with Crippen LogP contribution >= 0.6 is 23.2 Å². The highest BCUT2D eigenvalue weighted by Crippen LogP contribution is 2.27. The number of carbonyl (C=O) groups is 1. The topological polar surface area (TPSA) is 56.2 Å². The summed E-state index contributed by atoms with van der Waals surface area (Å²) in [5.41, 5.74) is 3.09. The number of halogens is 2. The van der Waals surface area contributed by atoms with Crippen molar-refractivity contribution >= 4 is 29.1 Å². The molecule has 1 saturated heterocycles. The molecule has 1 amide bonds. The molecule has 1 aromatic heterocycles. The van der Waals surface area contributed by atoms with Crippen molar-refractivity contribution in [1.29, 1.82) is 0 Å². The van der Waals surface area contributed by atoms with Crippen LogP contribution in [0.2, 0.25) is 10.0 Å². The van der Waals surface area contributed by atoms with Gasteiger partial charge in [-0.2, -0.15) is 5.10 Å². The van der Waals surface area contributed by atoms with Crippen molar-refractivity contribution in [2.75, 3.05) is 13.2 Å². The van der Waals surface area contributed by atoms with Crippen LogP contribution in [0.15, 0.2) is 18.2 Å². The summed E-state index contributed by atoms with van der Waals surface area (Å²) in [6, 6.07) is 5.36. The molecule has 3 rings (SSSR count). The van der Waals surface area contributed by atoms with E-state index in [2.05, 4.69) is 10.4 Å². The van der Waals surface area contributed by atoms with Crippen LogP contribution in [0.3, 0.4) is 0 Å². The van der Waals surface area contributed by atoms with Gasteiger partial charge in [0.25, 0.3) is 5.91 Å². The number of aromatic nitrogens is 2. The maximum atomic E-state index is 12.9. The Morgan fingerprint density at radius 1 is 1.31 bits per heavy atom. The maximum Gasteiger partial charge on any atom is 0.255 e. The van der Waals surface area contributed by atoms with E-state index in [9.17, 15) is 4.79 Å². The number of hydrogen-bond donors (Lipinski definition) is 1. The fourth-order valence-electron chi connectivity index (χ4n) is 3.27. The Kier molecular flexibility index (Phi) is 6.22. The van der Waals surface area contributed by atoms with Gasteiger partial charge in [-0.15, -0.1) is 0 Å². The SMILES string of the molecule is CCc1nn(-c2ccc(Cl)c(Cl)c2)c(CC)c1C(=O)NC[C@@H]1CCCO1. The predicted molar refractivity (Wildman–Crippen MR) is 104 cm³/mol. The summed E-state index contributed by atoms with van der Waals surface area (Å²) < 4.78 is 7.38. The molecule has 1 aromatic carbocycles. The van der Waals surface area contributed by atoms with E-state index in [1.54, 1.807) is 16.8 Å². The lowest BCUT2D eigenvalue weighted by Gasteiger charge is -2.12. The summed E-state index contributed by atoms with van der Waals surface area (Å²) in [5, 5.41) is 8.63. The smallest absolute Gasteiger partial charge is 0.255 e. The Balaban J connectivity index is 1.92. The molecule has 2 aromatic rings. The van der Waals surface area contributed by atoms with Crippen molar-refractivity contribution < 1.29 is 9.53 Å². The lowest BCUT2D eigenvalue weighted by Crippen LogP contribution is -2.32. The van der Waals surface area contributed by atoms with Crippen molar-refractivity contribution in [3.05, 3.63) is 45.2 Å². The molecule has 2 heterocycles. The van der Waals surface area contributed by atoms with Crippen LogP contribution < -0.4 is 5.32 Å². The van der Waals surface area contributed by atoms with Gasteiger partial charge in [0.15, 0.2) is 0 Å². The molecule has 26 heavy (non-hydrogen) atoms. The van der Waals surface area contributed by atoms with Crippen LogP contribution in [0, 0.1) is 0 Å². The summed E-state index contributed by atoms with van der Waals surface area (Å²) in [7, 11) is 0. The number of aryl methyl sites for hydroxylation is 1. The Morgan fingerprint density at radius 2 is 2.12 bits per heavy atom. The monoisotopic (exact) mass is 395 g/mol. The number of amides is 1. The van der Waals surface area contributed by atoms with Gasteiger partial charge < -0.3 is 10.1 Å². The molecule has 0 radical (unpaired) electrons. The highest BCUT2D eigenvalue weighted by Gasteiger charge is 2.24. The molecule has 1 aliphatic heterocycles. The molecule has 7 heteroatoms. The van der Waals surface area contributed by atoms with Gasteiger partial charge in [-0.25, -0.2) is 4.68 Å². The van der Waals surface area contributed by atoms with Crippen molar-refractivity contribution in [2.45, 2.75) is 45.6 Å². The fourth-order valence-corrected chi connectivity index (χ4v) is 3.56. The normalized spacial score (nSPS) is 16.8. The van der Waals surface area contributed by atoms with E-state index >= 15 is 0 Å². The van der Waals surface area contributed by atoms with Crippen LogP contribution in [0.1, 0.15) is 48.4 Å². The molecule has 0 spiro atoms. The van der Waals surface area contributed by atoms with Gasteiger partial charge in [-0.3, -0.25) is 4.79 Å². The first-order valence-corrected chi connectivity index (χ1v) is 9.76. The van der Waals surface area contributed by atoms with E-state index in [0.717, 1.165) is 36.5 Å². The van der Waals surface area contributed by atoms with E-state index in [1.165, 1.54) is 0 Å². The highest BCUT2D eigenvalue weighted by molar-refractivity contribution is 6.42. The van der Waals surface area contributed by atoms with E-state index < -0.39 is 0 Å². The van der Waals surface area contributed by atoms with Gasteiger partial charge in [0.1, 0.15) is 0 Å². The summed E-state index contributed by atoms with van der Waals surface area (Å²) in [4.78, 5) is 12.9. The number of carbonyl (C=O) groups excluding carboxylic acids is 1. The summed E-state index contributed by atoms with van der Waals surface area (Å²) >= 11 is 12.2. The zero-order chi connectivity index (χ0) is 18.7. The third kappa shape index (κ3) is 3.90. The average Bonchev–Trinajstić information content (AvgIpc) is 3.28. The molecule has 140 valence electrons. The van der Waals surface area contributed by atoms with Gasteiger partial charge in [-0.05, 0) is 43.9 Å². The van der Waals surface area contributed by atoms with E-state index in [4.69, 9.17) is 27.9 Å². The third-order valence-corrected chi connectivity index (χ3v) is 5.35. The van der Waals surface area contributed by atoms with E-state index in [0.29, 0.717) is 35.0 Å². The lowest BCUT2D eigenvalue weighted by molar-refractivity contribution is 0.0856. The maximum absolute atomic E-state index is 12.9. The van der Waals surface area contributed by atoms with Crippen LogP contribution in [-0.4, -0.2) is 34.9 Å². The fraction of sp³-hybridized carbons (Fsp3) is 0.474. The van der Waals surface area contributed by atoms with Crippen molar-refractivity contribution in [3.63, 3.8) is 0 Å². The Morgan fingerprint density at radius 3 is 2.73 bits per heavy atom. The van der Waals surface area contributed by atoms with Crippen molar-refractivity contribution in [2.24, 2.45) is 0 Å². The first-order valence-electron chi connectivity index (χ1n) is 9.01. The minimum atomic E-state index is -0.0967. The average molecular weight is 396 g/mol. The second-order valence-corrected chi connectivity index (χ2v) is 7.15. The Bertz CT molecular complexity index is 798. The molecular weight excluding hydrogens is 373 g/mol. The molecule has 1 N–H and O–H groups in total. The van der Waals surface area contributed by atoms with Crippen molar-refractivity contribution in [1.82, 2.24) is 15.1 Å². The van der Waals surface area contributed by atoms with E-state index in [-0.39, 0.29) is 12.0 Å². The summed E-state index contributed by atoms with van der Waals surface area (Å²) in [6.07, 6.45) is 3.50. The molecule has 0 bridgehead atoms. The second-order valence-electron chi connectivity index (χ2n) is 6.33. The second kappa shape index (κ2) is 8.42. The first kappa shape index (κ1) is 19.2. The van der Waals surface area contributed by atoms with Gasteiger partial charge in [0.2, 0.25) is 0 Å². The Hall–Kier alpha value is -1.56. The molecule has 1 atom stereocenters. The highest BCUT2D eigenvalue weighted by atomic mass is 35.5. The van der Waals surface area contributed by atoms with Gasteiger partial charge in [-0.1, -0.05) is 37.0 Å². The first-order chi connectivity index (χ1) is 12.5. The van der Waals surface area contributed by atoms with Gasteiger partial charge in [0.05, 0.1) is 38.8 Å². The largest absolute Gasteiger partial charge is 0.376 e. The minimum Gasteiger partial charge on any atom is -0.376 e. The van der Waals surface area contributed by atoms with E-state index in [1.807, 2.05) is 19.9 Å². The molecular formula is C19H23Cl2N3O2. The number of ether oxygens (including phenoxy) is 1. The minimum absolute atomic E-state index is 0.0967. The summed E-state index contributed by atoms with van der Waals surface area (Å²) in [6.45, 7) is 5.32. The molecule has 0 unspecified atom stereocenters. The standard InChI is InChI=1S/C19H23Cl2N3O2/c1-3-16-18(19(25)22-11-13-6-5-9-26-13)17(4-2)24(23-16)12-7-8-14(20)15(21)10-12/h7-8,10,13H,3-6,9,11H2,1-2H3,(H,22,25)/t13-/m0/s1. The number of hydrogen-bond acceptors (Lipinski definition) is 3. The number of nitrogens with zero attached hydrogens (tertiary/aromatic N) is 2. The predicted octanol–water partition coefficient (Wildman–Crippen LogP) is 4.21. The number of benzene rings is 1. The third-order valence-electron chi connectivity index (χ3n) is 4.61. The molecule has 1 aliphatic rings. The van der Waals surface area contributed by atoms with Gasteiger partial charge >= 0.3 is 0 Å². The zero-order valence-electron chi connectivity index (χ0n) is 15.0. The van der Waals surface area contributed by atoms with Crippen LogP contribution in [0.4, 0.5) is 0 Å².